The minimum atomic E-state index is -4.23. The van der Waals surface area contributed by atoms with E-state index in [0.717, 1.165) is 0 Å². The van der Waals surface area contributed by atoms with Crippen LogP contribution >= 0.6 is 0 Å². The monoisotopic (exact) mass is 328 g/mol. The summed E-state index contributed by atoms with van der Waals surface area (Å²) in [4.78, 5) is 13.6. The number of alkyl halides is 3. The van der Waals surface area contributed by atoms with E-state index in [1.807, 2.05) is 0 Å². The number of phenolic OH excluding ortho intramolecular Hbond substituents is 1. The van der Waals surface area contributed by atoms with E-state index in [9.17, 15) is 23.1 Å². The fraction of sp³-hybridized carbons (Fsp3) is 0.400. The van der Waals surface area contributed by atoms with Gasteiger partial charge in [0.15, 0.2) is 0 Å². The molecule has 0 radical (unpaired) electrons. The van der Waals surface area contributed by atoms with Gasteiger partial charge in [0, 0.05) is 24.5 Å². The molecule has 2 N–H and O–H groups in total. The predicted molar refractivity (Wildman–Crippen MR) is 76.4 cm³/mol. The number of phenols is 1. The summed E-state index contributed by atoms with van der Waals surface area (Å²) in [6, 6.07) is 4.12. The van der Waals surface area contributed by atoms with Gasteiger partial charge in [-0.25, -0.2) is 0 Å². The standard InChI is InChI=1S/C15H15F3N2O3/c1-8-13(11-3-2-10(21)4-12(11)23-8)14(22)19-9-5-20(6-9)7-15(16,17)18/h2-4,9,21H,5-7H2,1H3,(H,19,22). The number of benzene rings is 1. The van der Waals surface area contributed by atoms with Crippen LogP contribution in [0, 0.1) is 6.92 Å². The summed E-state index contributed by atoms with van der Waals surface area (Å²) in [6.45, 7) is 0.997. The van der Waals surface area contributed by atoms with E-state index in [-0.39, 0.29) is 30.8 Å². The number of carbonyl (C=O) groups excluding carboxylic acids is 1. The Morgan fingerprint density at radius 3 is 2.78 bits per heavy atom. The van der Waals surface area contributed by atoms with Crippen LogP contribution < -0.4 is 5.32 Å². The van der Waals surface area contributed by atoms with Gasteiger partial charge in [-0.3, -0.25) is 9.69 Å². The number of aromatic hydroxyl groups is 1. The first-order valence-corrected chi connectivity index (χ1v) is 7.05. The molecule has 1 amide bonds. The third kappa shape index (κ3) is 3.26. The van der Waals surface area contributed by atoms with Gasteiger partial charge in [-0.15, -0.1) is 0 Å². The quantitative estimate of drug-likeness (QED) is 0.908. The number of aryl methyl sites for hydroxylation is 1. The average Bonchev–Trinajstić information content (AvgIpc) is 2.69. The Morgan fingerprint density at radius 1 is 1.43 bits per heavy atom. The highest BCUT2D eigenvalue weighted by Gasteiger charge is 2.37. The smallest absolute Gasteiger partial charge is 0.401 e. The average molecular weight is 328 g/mol. The molecule has 1 fully saturated rings. The molecule has 2 aromatic rings. The predicted octanol–water partition coefficient (Wildman–Crippen LogP) is 2.42. The molecule has 3 rings (SSSR count). The lowest BCUT2D eigenvalue weighted by molar-refractivity contribution is -0.155. The Bertz CT molecular complexity index is 748. The molecule has 1 aliphatic rings. The molecule has 0 atom stereocenters. The van der Waals surface area contributed by atoms with Crippen LogP contribution in [0.1, 0.15) is 16.1 Å². The number of fused-ring (bicyclic) bond motifs is 1. The molecule has 0 aliphatic carbocycles. The van der Waals surface area contributed by atoms with Crippen LogP contribution in [0.15, 0.2) is 22.6 Å². The van der Waals surface area contributed by atoms with E-state index >= 15 is 0 Å². The van der Waals surface area contributed by atoms with Crippen molar-refractivity contribution in [2.75, 3.05) is 19.6 Å². The van der Waals surface area contributed by atoms with Crippen LogP contribution in [-0.2, 0) is 0 Å². The molecule has 124 valence electrons. The molecule has 1 saturated heterocycles. The number of carbonyl (C=O) groups is 1. The van der Waals surface area contributed by atoms with Crippen molar-refractivity contribution in [3.05, 3.63) is 29.5 Å². The summed E-state index contributed by atoms with van der Waals surface area (Å²) in [7, 11) is 0. The van der Waals surface area contributed by atoms with Gasteiger partial charge >= 0.3 is 6.18 Å². The summed E-state index contributed by atoms with van der Waals surface area (Å²) in [6.07, 6.45) is -4.23. The molecule has 5 nitrogen and oxygen atoms in total. The van der Waals surface area contributed by atoms with Gasteiger partial charge in [-0.1, -0.05) is 0 Å². The van der Waals surface area contributed by atoms with Gasteiger partial charge in [-0.05, 0) is 19.1 Å². The number of halogens is 3. The topological polar surface area (TPSA) is 65.7 Å². The molecule has 8 heteroatoms. The molecule has 1 aromatic carbocycles. The van der Waals surface area contributed by atoms with Crippen molar-refractivity contribution < 1.29 is 27.5 Å². The highest BCUT2D eigenvalue weighted by atomic mass is 19.4. The third-order valence-electron chi connectivity index (χ3n) is 3.77. The lowest BCUT2D eigenvalue weighted by atomic mass is 10.1. The lowest BCUT2D eigenvalue weighted by Crippen LogP contribution is -2.60. The van der Waals surface area contributed by atoms with Gasteiger partial charge in [0.2, 0.25) is 0 Å². The number of furan rings is 1. The zero-order chi connectivity index (χ0) is 16.8. The van der Waals surface area contributed by atoms with Crippen LogP contribution in [0.3, 0.4) is 0 Å². The van der Waals surface area contributed by atoms with E-state index in [1.54, 1.807) is 13.0 Å². The Hall–Kier alpha value is -2.22. The van der Waals surface area contributed by atoms with Crippen LogP contribution in [0.4, 0.5) is 13.2 Å². The summed E-state index contributed by atoms with van der Waals surface area (Å²) in [5.41, 5.74) is 0.731. The first-order chi connectivity index (χ1) is 10.7. The maximum absolute atomic E-state index is 12.3. The van der Waals surface area contributed by atoms with Crippen molar-refractivity contribution >= 4 is 16.9 Å². The van der Waals surface area contributed by atoms with Crippen molar-refractivity contribution in [1.82, 2.24) is 10.2 Å². The molecule has 23 heavy (non-hydrogen) atoms. The van der Waals surface area contributed by atoms with Crippen molar-refractivity contribution in [3.63, 3.8) is 0 Å². The summed E-state index contributed by atoms with van der Waals surface area (Å²) in [5.74, 6) is 0.0400. The second kappa shape index (κ2) is 5.45. The zero-order valence-corrected chi connectivity index (χ0v) is 12.3. The van der Waals surface area contributed by atoms with Crippen molar-refractivity contribution in [3.8, 4) is 5.75 Å². The van der Waals surface area contributed by atoms with Gasteiger partial charge in [0.1, 0.15) is 17.1 Å². The molecule has 1 aromatic heterocycles. The van der Waals surface area contributed by atoms with Crippen molar-refractivity contribution in [1.29, 1.82) is 0 Å². The van der Waals surface area contributed by atoms with Crippen LogP contribution in [0.25, 0.3) is 11.0 Å². The molecule has 0 spiro atoms. The maximum Gasteiger partial charge on any atom is 0.401 e. The first kappa shape index (κ1) is 15.7. The molecule has 0 unspecified atom stereocenters. The summed E-state index contributed by atoms with van der Waals surface area (Å²) < 4.78 is 42.2. The fourth-order valence-corrected chi connectivity index (χ4v) is 2.79. The van der Waals surface area contributed by atoms with Crippen molar-refractivity contribution in [2.45, 2.75) is 19.1 Å². The number of hydrogen-bond acceptors (Lipinski definition) is 4. The van der Waals surface area contributed by atoms with E-state index in [4.69, 9.17) is 4.42 Å². The SMILES string of the molecule is Cc1oc2cc(O)ccc2c1C(=O)NC1CN(CC(F)(F)F)C1. The van der Waals surface area contributed by atoms with Crippen molar-refractivity contribution in [2.24, 2.45) is 0 Å². The molecule has 0 bridgehead atoms. The summed E-state index contributed by atoms with van der Waals surface area (Å²) in [5, 5.41) is 12.7. The number of rotatable bonds is 3. The fourth-order valence-electron chi connectivity index (χ4n) is 2.79. The number of amides is 1. The van der Waals surface area contributed by atoms with E-state index < -0.39 is 12.7 Å². The second-order valence-corrected chi connectivity index (χ2v) is 5.69. The van der Waals surface area contributed by atoms with Crippen LogP contribution in [-0.4, -0.2) is 47.8 Å². The molecule has 1 aliphatic heterocycles. The van der Waals surface area contributed by atoms with Gasteiger partial charge in [0.25, 0.3) is 5.91 Å². The Morgan fingerprint density at radius 2 is 2.13 bits per heavy atom. The molecule has 2 heterocycles. The number of likely N-dealkylation sites (tertiary alicyclic amines) is 1. The van der Waals surface area contributed by atoms with E-state index in [2.05, 4.69) is 5.32 Å². The Kier molecular flexibility index (Phi) is 3.71. The molecule has 0 saturated carbocycles. The van der Waals surface area contributed by atoms with Crippen LogP contribution in [0.2, 0.25) is 0 Å². The van der Waals surface area contributed by atoms with Gasteiger partial charge in [0.05, 0.1) is 18.2 Å². The second-order valence-electron chi connectivity index (χ2n) is 5.69. The number of nitrogens with one attached hydrogen (secondary N) is 1. The lowest BCUT2D eigenvalue weighted by Gasteiger charge is -2.39. The first-order valence-electron chi connectivity index (χ1n) is 7.05. The van der Waals surface area contributed by atoms with E-state index in [0.29, 0.717) is 22.3 Å². The zero-order valence-electron chi connectivity index (χ0n) is 12.3. The highest BCUT2D eigenvalue weighted by molar-refractivity contribution is 6.07. The largest absolute Gasteiger partial charge is 0.508 e. The molecular formula is C15H15F3N2O3. The Balaban J connectivity index is 1.67. The van der Waals surface area contributed by atoms with Gasteiger partial charge in [-0.2, -0.15) is 13.2 Å². The minimum Gasteiger partial charge on any atom is -0.508 e. The number of hydrogen-bond donors (Lipinski definition) is 2. The van der Waals surface area contributed by atoms with E-state index in [1.165, 1.54) is 17.0 Å². The maximum atomic E-state index is 12.3. The third-order valence-corrected chi connectivity index (χ3v) is 3.77. The molecular weight excluding hydrogens is 313 g/mol. The van der Waals surface area contributed by atoms with Crippen LogP contribution in [0.5, 0.6) is 5.75 Å². The van der Waals surface area contributed by atoms with Gasteiger partial charge < -0.3 is 14.8 Å². The highest BCUT2D eigenvalue weighted by Crippen LogP contribution is 2.28. The number of nitrogens with zero attached hydrogens (tertiary/aromatic N) is 1. The Labute approximate surface area is 129 Å². The minimum absolute atomic E-state index is 0.0278. The normalized spacial score (nSPS) is 16.5. The summed E-state index contributed by atoms with van der Waals surface area (Å²) >= 11 is 0.